The molecule has 0 bridgehead atoms. The van der Waals surface area contributed by atoms with Gasteiger partial charge in [-0.2, -0.15) is 0 Å². The van der Waals surface area contributed by atoms with Crippen LogP contribution >= 0.6 is 0 Å². The molecule has 2 N–H and O–H groups in total. The van der Waals surface area contributed by atoms with Gasteiger partial charge in [-0.15, -0.1) is 0 Å². The molecule has 0 saturated heterocycles. The molecule has 1 aromatic heterocycles. The first-order valence-electron chi connectivity index (χ1n) is 9.79. The van der Waals surface area contributed by atoms with Gasteiger partial charge in [0.2, 0.25) is 0 Å². The number of imidazole rings is 1. The number of guanidine groups is 1. The number of aliphatic imine (C=N–C) groups is 1. The van der Waals surface area contributed by atoms with E-state index in [-0.39, 0.29) is 0 Å². The van der Waals surface area contributed by atoms with Gasteiger partial charge in [-0.05, 0) is 49.5 Å². The maximum atomic E-state index is 4.96. The number of rotatable bonds is 7. The smallest absolute Gasteiger partial charge is 0.194 e. The zero-order chi connectivity index (χ0) is 18.0. The van der Waals surface area contributed by atoms with E-state index in [1.165, 1.54) is 25.7 Å². The van der Waals surface area contributed by atoms with Crippen LogP contribution in [0.4, 0.5) is 0 Å². The molecule has 0 atom stereocenters. The van der Waals surface area contributed by atoms with Crippen molar-refractivity contribution in [2.45, 2.75) is 39.2 Å². The molecular formula is C21H29N5. The van der Waals surface area contributed by atoms with Crippen LogP contribution in [0.5, 0.6) is 0 Å². The number of nitrogens with zero attached hydrogens (tertiary/aromatic N) is 3. The van der Waals surface area contributed by atoms with Crippen LogP contribution in [0.3, 0.4) is 0 Å². The summed E-state index contributed by atoms with van der Waals surface area (Å²) in [7, 11) is 2.09. The highest BCUT2D eigenvalue weighted by Crippen LogP contribution is 2.61. The second kappa shape index (κ2) is 7.14. The van der Waals surface area contributed by atoms with Crippen LogP contribution in [-0.4, -0.2) is 41.0 Å². The highest BCUT2D eigenvalue weighted by Gasteiger charge is 2.53. The summed E-state index contributed by atoms with van der Waals surface area (Å²) in [4.78, 5) is 15.1. The average Bonchev–Trinajstić information content (AvgIpc) is 3.57. The third kappa shape index (κ3) is 3.76. The van der Waals surface area contributed by atoms with Gasteiger partial charge in [0.1, 0.15) is 5.82 Å². The van der Waals surface area contributed by atoms with Gasteiger partial charge >= 0.3 is 0 Å². The van der Waals surface area contributed by atoms with E-state index in [2.05, 4.69) is 46.3 Å². The quantitative estimate of drug-likeness (QED) is 0.591. The molecule has 1 aromatic carbocycles. The molecule has 1 heterocycles. The second-order valence-corrected chi connectivity index (χ2v) is 7.77. The van der Waals surface area contributed by atoms with E-state index in [1.54, 1.807) is 0 Å². The highest BCUT2D eigenvalue weighted by atomic mass is 15.3. The van der Waals surface area contributed by atoms with Crippen LogP contribution in [0.15, 0.2) is 41.5 Å². The van der Waals surface area contributed by atoms with E-state index in [1.807, 2.05) is 24.4 Å². The standard InChI is InChI=1S/C21H29N5/c1-3-22-20(24-15-21(11-12-21)17-9-10-17)26(2)14-19-23-13-18(25-19)16-7-5-4-6-8-16/h4-8,13,17H,3,9-12,14-15H2,1-2H3,(H,22,24)(H,23,25). The minimum absolute atomic E-state index is 0.534. The molecule has 0 aliphatic heterocycles. The zero-order valence-corrected chi connectivity index (χ0v) is 15.8. The Morgan fingerprint density at radius 1 is 1.31 bits per heavy atom. The predicted octanol–water partition coefficient (Wildman–Crippen LogP) is 3.66. The van der Waals surface area contributed by atoms with Crippen LogP contribution in [0.25, 0.3) is 11.3 Å². The van der Waals surface area contributed by atoms with E-state index in [4.69, 9.17) is 4.99 Å². The van der Waals surface area contributed by atoms with Gasteiger partial charge in [0.25, 0.3) is 0 Å². The lowest BCUT2D eigenvalue weighted by Gasteiger charge is -2.22. The number of hydrogen-bond donors (Lipinski definition) is 2. The lowest BCUT2D eigenvalue weighted by molar-refractivity contribution is 0.432. The van der Waals surface area contributed by atoms with Crippen LogP contribution in [-0.2, 0) is 6.54 Å². The lowest BCUT2D eigenvalue weighted by Crippen LogP contribution is -2.39. The van der Waals surface area contributed by atoms with Gasteiger partial charge < -0.3 is 15.2 Å². The molecule has 2 fully saturated rings. The number of aromatic nitrogens is 2. The van der Waals surface area contributed by atoms with Crippen LogP contribution in [0, 0.1) is 11.3 Å². The van der Waals surface area contributed by atoms with Crippen LogP contribution in [0.1, 0.15) is 38.4 Å². The number of H-pyrrole nitrogens is 1. The Balaban J connectivity index is 1.41. The van der Waals surface area contributed by atoms with Gasteiger partial charge in [0.05, 0.1) is 18.4 Å². The average molecular weight is 351 g/mol. The SMILES string of the molecule is CCNC(=NCC1(C2CC2)CC1)N(C)Cc1ncc(-c2ccccc2)[nH]1. The summed E-state index contributed by atoms with van der Waals surface area (Å²) in [6.45, 7) is 4.69. The van der Waals surface area contributed by atoms with E-state index in [0.29, 0.717) is 5.41 Å². The summed E-state index contributed by atoms with van der Waals surface area (Å²) < 4.78 is 0. The molecule has 4 rings (SSSR count). The van der Waals surface area contributed by atoms with Crippen molar-refractivity contribution in [3.63, 3.8) is 0 Å². The molecule has 2 aromatic rings. The van der Waals surface area contributed by atoms with Crippen molar-refractivity contribution in [2.75, 3.05) is 20.1 Å². The minimum atomic E-state index is 0.534. The summed E-state index contributed by atoms with van der Waals surface area (Å²) in [5, 5.41) is 3.44. The third-order valence-corrected chi connectivity index (χ3v) is 5.68. The first kappa shape index (κ1) is 17.1. The van der Waals surface area contributed by atoms with Crippen molar-refractivity contribution in [2.24, 2.45) is 16.3 Å². The zero-order valence-electron chi connectivity index (χ0n) is 15.8. The Morgan fingerprint density at radius 3 is 2.73 bits per heavy atom. The summed E-state index contributed by atoms with van der Waals surface area (Å²) in [5.74, 6) is 2.88. The second-order valence-electron chi connectivity index (χ2n) is 7.77. The molecule has 0 unspecified atom stereocenters. The Kier molecular flexibility index (Phi) is 4.70. The molecule has 0 spiro atoms. The monoisotopic (exact) mass is 351 g/mol. The molecule has 2 saturated carbocycles. The summed E-state index contributed by atoms with van der Waals surface area (Å²) >= 11 is 0. The van der Waals surface area contributed by atoms with E-state index in [0.717, 1.165) is 48.6 Å². The lowest BCUT2D eigenvalue weighted by atomic mass is 10.0. The van der Waals surface area contributed by atoms with Crippen molar-refractivity contribution in [3.8, 4) is 11.3 Å². The largest absolute Gasteiger partial charge is 0.357 e. The number of nitrogens with one attached hydrogen (secondary N) is 2. The summed E-state index contributed by atoms with van der Waals surface area (Å²) in [5.41, 5.74) is 2.75. The fraction of sp³-hybridized carbons (Fsp3) is 0.524. The molecule has 2 aliphatic rings. The molecule has 138 valence electrons. The predicted molar refractivity (Wildman–Crippen MR) is 106 cm³/mol. The van der Waals surface area contributed by atoms with Crippen molar-refractivity contribution < 1.29 is 0 Å². The first-order valence-corrected chi connectivity index (χ1v) is 9.79. The molecule has 26 heavy (non-hydrogen) atoms. The first-order chi connectivity index (χ1) is 12.7. The van der Waals surface area contributed by atoms with Gasteiger partial charge in [0, 0.05) is 20.1 Å². The minimum Gasteiger partial charge on any atom is -0.357 e. The Labute approximate surface area is 155 Å². The van der Waals surface area contributed by atoms with Crippen molar-refractivity contribution in [3.05, 3.63) is 42.4 Å². The maximum Gasteiger partial charge on any atom is 0.194 e. The fourth-order valence-corrected chi connectivity index (χ4v) is 3.76. The molecule has 0 amide bonds. The molecular weight excluding hydrogens is 322 g/mol. The molecule has 5 heteroatoms. The normalized spacial score (nSPS) is 18.6. The highest BCUT2D eigenvalue weighted by molar-refractivity contribution is 5.79. The van der Waals surface area contributed by atoms with E-state index < -0.39 is 0 Å². The summed E-state index contributed by atoms with van der Waals surface area (Å²) in [6.07, 6.45) is 7.47. The number of hydrogen-bond acceptors (Lipinski definition) is 2. The molecule has 2 aliphatic carbocycles. The Hall–Kier alpha value is -2.30. The van der Waals surface area contributed by atoms with Crippen molar-refractivity contribution >= 4 is 5.96 Å². The van der Waals surface area contributed by atoms with Crippen LogP contribution < -0.4 is 5.32 Å². The number of aromatic amines is 1. The molecule has 0 radical (unpaired) electrons. The Bertz CT molecular complexity index is 756. The fourth-order valence-electron chi connectivity index (χ4n) is 3.76. The Morgan fingerprint density at radius 2 is 2.08 bits per heavy atom. The van der Waals surface area contributed by atoms with E-state index >= 15 is 0 Å². The molecule has 5 nitrogen and oxygen atoms in total. The van der Waals surface area contributed by atoms with Gasteiger partial charge in [-0.3, -0.25) is 4.99 Å². The topological polar surface area (TPSA) is 56.3 Å². The summed E-state index contributed by atoms with van der Waals surface area (Å²) in [6, 6.07) is 10.3. The van der Waals surface area contributed by atoms with Gasteiger partial charge in [-0.1, -0.05) is 30.3 Å². The van der Waals surface area contributed by atoms with Gasteiger partial charge in [-0.25, -0.2) is 4.98 Å². The number of benzene rings is 1. The van der Waals surface area contributed by atoms with Gasteiger partial charge in [0.15, 0.2) is 5.96 Å². The van der Waals surface area contributed by atoms with Crippen molar-refractivity contribution in [1.82, 2.24) is 20.2 Å². The van der Waals surface area contributed by atoms with Crippen LogP contribution in [0.2, 0.25) is 0 Å². The van der Waals surface area contributed by atoms with E-state index in [9.17, 15) is 0 Å². The van der Waals surface area contributed by atoms with Crippen molar-refractivity contribution in [1.29, 1.82) is 0 Å². The maximum absolute atomic E-state index is 4.96. The third-order valence-electron chi connectivity index (χ3n) is 5.68.